The standard InChI is InChI=1S/C22H30O5/c1-12-14-6-7-18(25)22(5)17(11-16(24)15(10-14)20(12)26)21(3,4)9-8-19(22)27-13(2)23/h10,14,16-17,19,24H,1,6-9,11H2,2-5H3/t14-,16-,17-,19-,22-/m1/s1. The Balaban J connectivity index is 2.07. The summed E-state index contributed by atoms with van der Waals surface area (Å²) in [5.41, 5.74) is -0.231. The van der Waals surface area contributed by atoms with Crippen molar-refractivity contribution < 1.29 is 24.2 Å². The van der Waals surface area contributed by atoms with Gasteiger partial charge in [-0.3, -0.25) is 14.4 Å². The Kier molecular flexibility index (Phi) is 4.96. The summed E-state index contributed by atoms with van der Waals surface area (Å²) < 4.78 is 5.60. The third-order valence-electron chi connectivity index (χ3n) is 7.18. The molecule has 0 aromatic heterocycles. The molecule has 0 radical (unpaired) electrons. The minimum Gasteiger partial charge on any atom is -0.461 e. The van der Waals surface area contributed by atoms with Crippen LogP contribution in [0.4, 0.5) is 0 Å². The van der Waals surface area contributed by atoms with Gasteiger partial charge in [0.1, 0.15) is 11.9 Å². The monoisotopic (exact) mass is 374 g/mol. The molecule has 0 aromatic carbocycles. The number of esters is 1. The fraction of sp³-hybridized carbons (Fsp3) is 0.682. The summed E-state index contributed by atoms with van der Waals surface area (Å²) >= 11 is 0. The summed E-state index contributed by atoms with van der Waals surface area (Å²) in [6.07, 6.45) is 2.86. The van der Waals surface area contributed by atoms with Crippen molar-refractivity contribution in [2.45, 2.75) is 72.0 Å². The number of aliphatic hydroxyl groups excluding tert-OH is 1. The van der Waals surface area contributed by atoms with Crippen LogP contribution in [0.3, 0.4) is 0 Å². The van der Waals surface area contributed by atoms with Crippen LogP contribution < -0.4 is 0 Å². The Morgan fingerprint density at radius 1 is 1.26 bits per heavy atom. The van der Waals surface area contributed by atoms with Crippen LogP contribution in [-0.4, -0.2) is 34.9 Å². The smallest absolute Gasteiger partial charge is 0.302 e. The zero-order valence-electron chi connectivity index (χ0n) is 16.7. The molecule has 1 fully saturated rings. The lowest BCUT2D eigenvalue weighted by atomic mass is 9.51. The van der Waals surface area contributed by atoms with Crippen LogP contribution in [0.25, 0.3) is 0 Å². The van der Waals surface area contributed by atoms with Gasteiger partial charge in [-0.05, 0) is 49.5 Å². The number of fused-ring (bicyclic) bond motifs is 2. The van der Waals surface area contributed by atoms with E-state index >= 15 is 0 Å². The largest absolute Gasteiger partial charge is 0.461 e. The van der Waals surface area contributed by atoms with E-state index in [4.69, 9.17) is 4.74 Å². The second-order valence-electron chi connectivity index (χ2n) is 9.26. The van der Waals surface area contributed by atoms with Crippen LogP contribution in [0.5, 0.6) is 0 Å². The Labute approximate surface area is 160 Å². The van der Waals surface area contributed by atoms with E-state index in [1.807, 2.05) is 6.92 Å². The topological polar surface area (TPSA) is 80.7 Å². The van der Waals surface area contributed by atoms with Gasteiger partial charge >= 0.3 is 5.97 Å². The zero-order chi connectivity index (χ0) is 20.1. The Bertz CT molecular complexity index is 731. The molecule has 0 aromatic rings. The maximum absolute atomic E-state index is 13.4. The van der Waals surface area contributed by atoms with Gasteiger partial charge in [-0.1, -0.05) is 26.5 Å². The molecule has 0 unspecified atom stereocenters. The molecule has 5 heteroatoms. The molecule has 0 spiro atoms. The lowest BCUT2D eigenvalue weighted by Gasteiger charge is -2.54. The van der Waals surface area contributed by atoms with Crippen molar-refractivity contribution in [3.63, 3.8) is 0 Å². The number of aliphatic hydroxyl groups is 1. The van der Waals surface area contributed by atoms with Crippen LogP contribution in [-0.2, 0) is 19.1 Å². The van der Waals surface area contributed by atoms with E-state index in [1.54, 1.807) is 6.08 Å². The highest BCUT2D eigenvalue weighted by Gasteiger charge is 2.58. The van der Waals surface area contributed by atoms with Crippen molar-refractivity contribution in [2.24, 2.45) is 22.7 Å². The number of ether oxygens (including phenoxy) is 1. The van der Waals surface area contributed by atoms with Crippen LogP contribution in [0, 0.1) is 22.7 Å². The highest BCUT2D eigenvalue weighted by molar-refractivity contribution is 6.11. The molecule has 27 heavy (non-hydrogen) atoms. The van der Waals surface area contributed by atoms with Crippen molar-refractivity contribution in [1.29, 1.82) is 0 Å². The molecule has 0 amide bonds. The second kappa shape index (κ2) is 6.69. The molecule has 3 aliphatic rings. The van der Waals surface area contributed by atoms with Gasteiger partial charge in [0.05, 0.1) is 11.5 Å². The van der Waals surface area contributed by atoms with Crippen molar-refractivity contribution >= 4 is 17.5 Å². The van der Waals surface area contributed by atoms with E-state index in [0.29, 0.717) is 36.8 Å². The van der Waals surface area contributed by atoms with Gasteiger partial charge in [0.25, 0.3) is 0 Å². The molecular formula is C22H30O5. The van der Waals surface area contributed by atoms with E-state index in [9.17, 15) is 19.5 Å². The fourth-order valence-electron chi connectivity index (χ4n) is 5.51. The Morgan fingerprint density at radius 2 is 1.93 bits per heavy atom. The van der Waals surface area contributed by atoms with E-state index in [0.717, 1.165) is 6.42 Å². The first-order chi connectivity index (χ1) is 12.5. The average molecular weight is 374 g/mol. The second-order valence-corrected chi connectivity index (χ2v) is 9.26. The number of allylic oxidation sites excluding steroid dienone is 2. The van der Waals surface area contributed by atoms with Crippen LogP contribution in [0.15, 0.2) is 23.8 Å². The minimum atomic E-state index is -0.940. The van der Waals surface area contributed by atoms with E-state index in [2.05, 4.69) is 20.4 Å². The van der Waals surface area contributed by atoms with E-state index < -0.39 is 23.6 Å². The summed E-state index contributed by atoms with van der Waals surface area (Å²) in [6.45, 7) is 11.3. The van der Waals surface area contributed by atoms with Gasteiger partial charge in [-0.2, -0.15) is 0 Å². The number of ketones is 2. The predicted octanol–water partition coefficient (Wildman–Crippen LogP) is 3.16. The molecule has 148 valence electrons. The third kappa shape index (κ3) is 3.20. The van der Waals surface area contributed by atoms with Crippen molar-refractivity contribution in [3.8, 4) is 0 Å². The van der Waals surface area contributed by atoms with Crippen LogP contribution in [0.2, 0.25) is 0 Å². The number of Topliss-reactive ketones (excluding diaryl/α,β-unsaturated/α-hetero) is 2. The maximum Gasteiger partial charge on any atom is 0.302 e. The normalized spacial score (nSPS) is 38.9. The number of carbonyl (C=O) groups is 3. The first-order valence-electron chi connectivity index (χ1n) is 9.82. The molecule has 3 rings (SSSR count). The third-order valence-corrected chi connectivity index (χ3v) is 7.18. The molecule has 2 bridgehead atoms. The lowest BCUT2D eigenvalue weighted by Crippen LogP contribution is -2.57. The molecule has 0 saturated heterocycles. The van der Waals surface area contributed by atoms with Crippen LogP contribution >= 0.6 is 0 Å². The SMILES string of the molecule is C=C1C(=O)C2=C[C@H]1CCC(=O)[C@@]1(C)[C@H](C[C@H]2O)C(C)(C)CC[C@H]1OC(C)=O. The highest BCUT2D eigenvalue weighted by Crippen LogP contribution is 2.56. The van der Waals surface area contributed by atoms with Crippen LogP contribution in [0.1, 0.15) is 59.8 Å². The first kappa shape index (κ1) is 20.0. The van der Waals surface area contributed by atoms with Gasteiger partial charge in [0.2, 0.25) is 0 Å². The number of carbonyl (C=O) groups excluding carboxylic acids is 3. The van der Waals surface area contributed by atoms with Gasteiger partial charge in [-0.25, -0.2) is 0 Å². The van der Waals surface area contributed by atoms with Crippen molar-refractivity contribution in [1.82, 2.24) is 0 Å². The highest BCUT2D eigenvalue weighted by atomic mass is 16.5. The summed E-state index contributed by atoms with van der Waals surface area (Å²) in [6, 6.07) is 0. The lowest BCUT2D eigenvalue weighted by molar-refractivity contribution is -0.177. The van der Waals surface area contributed by atoms with Gasteiger partial charge < -0.3 is 9.84 Å². The molecule has 0 aliphatic heterocycles. The van der Waals surface area contributed by atoms with E-state index in [1.165, 1.54) is 6.92 Å². The quantitative estimate of drug-likeness (QED) is 0.563. The number of rotatable bonds is 1. The minimum absolute atomic E-state index is 0.0442. The number of hydrogen-bond acceptors (Lipinski definition) is 5. The summed E-state index contributed by atoms with van der Waals surface area (Å²) in [4.78, 5) is 37.7. The zero-order valence-corrected chi connectivity index (χ0v) is 16.7. The summed E-state index contributed by atoms with van der Waals surface area (Å²) in [7, 11) is 0. The molecule has 3 aliphatic carbocycles. The van der Waals surface area contributed by atoms with Gasteiger partial charge in [0.15, 0.2) is 5.78 Å². The molecule has 1 saturated carbocycles. The molecule has 5 nitrogen and oxygen atoms in total. The molecular weight excluding hydrogens is 344 g/mol. The van der Waals surface area contributed by atoms with Gasteiger partial charge in [0, 0.05) is 24.8 Å². The predicted molar refractivity (Wildman–Crippen MR) is 101 cm³/mol. The maximum atomic E-state index is 13.4. The van der Waals surface area contributed by atoms with E-state index in [-0.39, 0.29) is 28.8 Å². The first-order valence-corrected chi connectivity index (χ1v) is 9.82. The van der Waals surface area contributed by atoms with Crippen molar-refractivity contribution in [2.75, 3.05) is 0 Å². The molecule has 5 atom stereocenters. The summed E-state index contributed by atoms with van der Waals surface area (Å²) in [5, 5.41) is 10.9. The fourth-order valence-corrected chi connectivity index (χ4v) is 5.51. The Hall–Kier alpha value is -1.75. The number of hydrogen-bond donors (Lipinski definition) is 1. The molecule has 1 N–H and O–H groups in total. The van der Waals surface area contributed by atoms with Gasteiger partial charge in [-0.15, -0.1) is 0 Å². The average Bonchev–Trinajstić information content (AvgIpc) is 2.86. The molecule has 0 heterocycles. The summed E-state index contributed by atoms with van der Waals surface area (Å²) in [5.74, 6) is -0.937. The van der Waals surface area contributed by atoms with Crippen molar-refractivity contribution in [3.05, 3.63) is 23.8 Å². The Morgan fingerprint density at radius 3 is 2.56 bits per heavy atom.